The number of nitrogens with one attached hydrogen (secondary N) is 1. The summed E-state index contributed by atoms with van der Waals surface area (Å²) in [6.07, 6.45) is 0.783. The third-order valence-electron chi connectivity index (χ3n) is 3.45. The number of aromatic nitrogens is 1. The molecule has 3 rings (SSSR count). The second kappa shape index (κ2) is 6.42. The maximum Gasteiger partial charge on any atom is 0.129 e. The average Bonchev–Trinajstić information content (AvgIpc) is 2.53. The molecule has 112 valence electrons. The summed E-state index contributed by atoms with van der Waals surface area (Å²) in [5.74, 6) is -0.404. The summed E-state index contributed by atoms with van der Waals surface area (Å²) in [7, 11) is 0. The Kier molecular flexibility index (Phi) is 4.36. The van der Waals surface area contributed by atoms with Gasteiger partial charge in [-0.1, -0.05) is 34.1 Å². The molecule has 0 aliphatic heterocycles. The van der Waals surface area contributed by atoms with Gasteiger partial charge in [-0.25, -0.2) is 4.39 Å². The van der Waals surface area contributed by atoms with Crippen molar-refractivity contribution < 1.29 is 9.50 Å². The second-order valence-corrected chi connectivity index (χ2v) is 5.85. The highest BCUT2D eigenvalue weighted by atomic mass is 79.9. The molecule has 0 radical (unpaired) electrons. The largest absolute Gasteiger partial charge is 0.386 e. The van der Waals surface area contributed by atoms with E-state index < -0.39 is 11.9 Å². The van der Waals surface area contributed by atoms with Crippen LogP contribution in [0, 0.1) is 5.82 Å². The lowest BCUT2D eigenvalue weighted by Crippen LogP contribution is -2.13. The molecule has 2 N–H and O–H groups in total. The molecule has 0 aliphatic rings. The van der Waals surface area contributed by atoms with Crippen molar-refractivity contribution in [1.29, 1.82) is 0 Å². The SMILES string of the molecule is OC(CNc1ccnc2ccc(Br)cc12)c1ccccc1F. The first-order valence-electron chi connectivity index (χ1n) is 6.86. The van der Waals surface area contributed by atoms with Gasteiger partial charge in [0.1, 0.15) is 5.82 Å². The zero-order valence-corrected chi connectivity index (χ0v) is 13.2. The molecule has 1 heterocycles. The van der Waals surface area contributed by atoms with Gasteiger partial charge in [0.05, 0.1) is 11.6 Å². The molecule has 0 aliphatic carbocycles. The van der Waals surface area contributed by atoms with Gasteiger partial charge in [-0.2, -0.15) is 0 Å². The Morgan fingerprint density at radius 3 is 2.82 bits per heavy atom. The summed E-state index contributed by atoms with van der Waals surface area (Å²) in [6.45, 7) is 0.215. The summed E-state index contributed by atoms with van der Waals surface area (Å²) in [5.41, 5.74) is 1.99. The molecule has 1 atom stereocenters. The van der Waals surface area contributed by atoms with Gasteiger partial charge >= 0.3 is 0 Å². The van der Waals surface area contributed by atoms with E-state index in [-0.39, 0.29) is 12.1 Å². The Morgan fingerprint density at radius 2 is 2.00 bits per heavy atom. The Labute approximate surface area is 135 Å². The van der Waals surface area contributed by atoms with Crippen LogP contribution in [0.2, 0.25) is 0 Å². The van der Waals surface area contributed by atoms with Crippen LogP contribution in [0.4, 0.5) is 10.1 Å². The Balaban J connectivity index is 1.82. The molecule has 3 aromatic rings. The summed E-state index contributed by atoms with van der Waals surface area (Å²) >= 11 is 3.44. The van der Waals surface area contributed by atoms with E-state index in [4.69, 9.17) is 0 Å². The van der Waals surface area contributed by atoms with Crippen molar-refractivity contribution in [2.24, 2.45) is 0 Å². The minimum atomic E-state index is -0.920. The highest BCUT2D eigenvalue weighted by molar-refractivity contribution is 9.10. The summed E-state index contributed by atoms with van der Waals surface area (Å²) in [4.78, 5) is 4.30. The smallest absolute Gasteiger partial charge is 0.129 e. The van der Waals surface area contributed by atoms with Crippen molar-refractivity contribution in [2.75, 3.05) is 11.9 Å². The van der Waals surface area contributed by atoms with Crippen LogP contribution >= 0.6 is 15.9 Å². The van der Waals surface area contributed by atoms with E-state index in [9.17, 15) is 9.50 Å². The van der Waals surface area contributed by atoms with Crippen molar-refractivity contribution in [3.05, 3.63) is 70.6 Å². The van der Waals surface area contributed by atoms with Gasteiger partial charge in [0.15, 0.2) is 0 Å². The van der Waals surface area contributed by atoms with Crippen LogP contribution in [0.25, 0.3) is 10.9 Å². The quantitative estimate of drug-likeness (QED) is 0.729. The van der Waals surface area contributed by atoms with E-state index in [1.807, 2.05) is 24.3 Å². The number of pyridine rings is 1. The summed E-state index contributed by atoms with van der Waals surface area (Å²) < 4.78 is 14.6. The van der Waals surface area contributed by atoms with Gasteiger partial charge in [0, 0.05) is 33.9 Å². The third kappa shape index (κ3) is 3.10. The molecule has 5 heteroatoms. The van der Waals surface area contributed by atoms with Crippen molar-refractivity contribution >= 4 is 32.5 Å². The molecule has 2 aromatic carbocycles. The fourth-order valence-electron chi connectivity index (χ4n) is 2.33. The lowest BCUT2D eigenvalue weighted by atomic mass is 10.1. The normalized spacial score (nSPS) is 12.3. The maximum absolute atomic E-state index is 13.7. The number of nitrogens with zero attached hydrogens (tertiary/aromatic N) is 1. The van der Waals surface area contributed by atoms with E-state index in [2.05, 4.69) is 26.2 Å². The monoisotopic (exact) mass is 360 g/mol. The van der Waals surface area contributed by atoms with Crippen LogP contribution in [-0.2, 0) is 0 Å². The molecule has 22 heavy (non-hydrogen) atoms. The first-order valence-corrected chi connectivity index (χ1v) is 7.65. The number of benzene rings is 2. The zero-order chi connectivity index (χ0) is 15.5. The average molecular weight is 361 g/mol. The lowest BCUT2D eigenvalue weighted by molar-refractivity contribution is 0.186. The van der Waals surface area contributed by atoms with Crippen LogP contribution in [0.1, 0.15) is 11.7 Å². The second-order valence-electron chi connectivity index (χ2n) is 4.94. The molecule has 0 bridgehead atoms. The molecule has 3 nitrogen and oxygen atoms in total. The molecule has 0 saturated heterocycles. The minimum absolute atomic E-state index is 0.215. The number of fused-ring (bicyclic) bond motifs is 1. The highest BCUT2D eigenvalue weighted by Crippen LogP contribution is 2.26. The van der Waals surface area contributed by atoms with E-state index in [1.165, 1.54) is 6.07 Å². The van der Waals surface area contributed by atoms with E-state index >= 15 is 0 Å². The van der Waals surface area contributed by atoms with Gasteiger partial charge in [-0.15, -0.1) is 0 Å². The molecule has 0 fully saturated rings. The van der Waals surface area contributed by atoms with E-state index in [0.29, 0.717) is 0 Å². The zero-order valence-electron chi connectivity index (χ0n) is 11.6. The maximum atomic E-state index is 13.7. The predicted molar refractivity (Wildman–Crippen MR) is 89.3 cm³/mol. The van der Waals surface area contributed by atoms with Gasteiger partial charge in [-0.3, -0.25) is 4.98 Å². The van der Waals surface area contributed by atoms with Crippen LogP contribution in [0.15, 0.2) is 59.2 Å². The Morgan fingerprint density at radius 1 is 1.18 bits per heavy atom. The van der Waals surface area contributed by atoms with Gasteiger partial charge in [0.2, 0.25) is 0 Å². The van der Waals surface area contributed by atoms with Crippen molar-refractivity contribution in [2.45, 2.75) is 6.10 Å². The number of halogens is 2. The Bertz CT molecular complexity index is 810. The molecule has 1 unspecified atom stereocenters. The predicted octanol–water partition coefficient (Wildman–Crippen LogP) is 4.28. The number of aliphatic hydroxyl groups is 1. The van der Waals surface area contributed by atoms with Crippen molar-refractivity contribution in [3.8, 4) is 0 Å². The number of aliphatic hydroxyl groups excluding tert-OH is 1. The number of hydrogen-bond acceptors (Lipinski definition) is 3. The fraction of sp³-hybridized carbons (Fsp3) is 0.118. The fourth-order valence-corrected chi connectivity index (χ4v) is 2.70. The molecular formula is C17H14BrFN2O. The standard InChI is InChI=1S/C17H14BrFN2O/c18-11-5-6-15-13(9-11)16(7-8-20-15)21-10-17(22)12-3-1-2-4-14(12)19/h1-9,17,22H,10H2,(H,20,21). The van der Waals surface area contributed by atoms with Crippen LogP contribution in [0.5, 0.6) is 0 Å². The topological polar surface area (TPSA) is 45.1 Å². The first-order chi connectivity index (χ1) is 10.6. The van der Waals surface area contributed by atoms with Gasteiger partial charge < -0.3 is 10.4 Å². The number of hydrogen-bond donors (Lipinski definition) is 2. The Hall–Kier alpha value is -1.98. The lowest BCUT2D eigenvalue weighted by Gasteiger charge is -2.15. The van der Waals surface area contributed by atoms with Gasteiger partial charge in [0.25, 0.3) is 0 Å². The van der Waals surface area contributed by atoms with Crippen molar-refractivity contribution in [1.82, 2.24) is 4.98 Å². The van der Waals surface area contributed by atoms with E-state index in [1.54, 1.807) is 24.4 Å². The van der Waals surface area contributed by atoms with Crippen LogP contribution in [-0.4, -0.2) is 16.6 Å². The molecule has 0 saturated carbocycles. The highest BCUT2D eigenvalue weighted by Gasteiger charge is 2.12. The summed E-state index contributed by atoms with van der Waals surface area (Å²) in [5, 5.41) is 14.3. The number of anilines is 1. The molecule has 0 spiro atoms. The first kappa shape index (κ1) is 14.9. The molecular weight excluding hydrogens is 347 g/mol. The summed E-state index contributed by atoms with van der Waals surface area (Å²) in [6, 6.07) is 13.9. The minimum Gasteiger partial charge on any atom is -0.386 e. The van der Waals surface area contributed by atoms with Gasteiger partial charge in [-0.05, 0) is 30.3 Å². The van der Waals surface area contributed by atoms with Crippen LogP contribution < -0.4 is 5.32 Å². The molecule has 0 amide bonds. The third-order valence-corrected chi connectivity index (χ3v) is 3.95. The number of rotatable bonds is 4. The van der Waals surface area contributed by atoms with Crippen LogP contribution in [0.3, 0.4) is 0 Å². The van der Waals surface area contributed by atoms with E-state index in [0.717, 1.165) is 21.1 Å². The van der Waals surface area contributed by atoms with Crippen molar-refractivity contribution in [3.63, 3.8) is 0 Å². The molecule has 1 aromatic heterocycles.